The number of nitrogens with one attached hydrogen (secondary N) is 1. The fourth-order valence-electron chi connectivity index (χ4n) is 5.34. The summed E-state index contributed by atoms with van der Waals surface area (Å²) < 4.78 is 17.2. The molecule has 2 aromatic rings. The number of rotatable bonds is 10. The number of piperazine rings is 1. The van der Waals surface area contributed by atoms with E-state index in [2.05, 4.69) is 59.3 Å². The van der Waals surface area contributed by atoms with Crippen LogP contribution in [0, 0.1) is 0 Å². The second-order valence-corrected chi connectivity index (χ2v) is 10.2. The first-order valence-corrected chi connectivity index (χ1v) is 13.3. The maximum absolute atomic E-state index is 6.25. The molecule has 1 N–H and O–H groups in total. The Hall–Kier alpha value is -2.15. The molecular formula is C28H40ClN3O3. The Morgan fingerprint density at radius 2 is 1.83 bits per heavy atom. The summed E-state index contributed by atoms with van der Waals surface area (Å²) in [4.78, 5) is 5.16. The van der Waals surface area contributed by atoms with Crippen molar-refractivity contribution in [3.63, 3.8) is 0 Å². The molecule has 0 bridgehead atoms. The van der Waals surface area contributed by atoms with Crippen molar-refractivity contribution < 1.29 is 14.2 Å². The molecule has 0 spiro atoms. The smallest absolute Gasteiger partial charge is 0.161 e. The quantitative estimate of drug-likeness (QED) is 0.431. The Morgan fingerprint density at radius 1 is 1.00 bits per heavy atom. The summed E-state index contributed by atoms with van der Waals surface area (Å²) in [5.74, 6) is 2.39. The van der Waals surface area contributed by atoms with E-state index >= 15 is 0 Å². The van der Waals surface area contributed by atoms with Gasteiger partial charge in [0.15, 0.2) is 11.5 Å². The van der Waals surface area contributed by atoms with Crippen molar-refractivity contribution in [3.8, 4) is 17.2 Å². The number of hydrogen-bond acceptors (Lipinski definition) is 6. The molecule has 192 valence electrons. The highest BCUT2D eigenvalue weighted by Gasteiger charge is 2.36. The summed E-state index contributed by atoms with van der Waals surface area (Å²) in [6, 6.07) is 14.0. The molecule has 6 nitrogen and oxygen atoms in total. The minimum absolute atomic E-state index is 0.411. The summed E-state index contributed by atoms with van der Waals surface area (Å²) in [7, 11) is 3.40. The monoisotopic (exact) mass is 501 g/mol. The summed E-state index contributed by atoms with van der Waals surface area (Å²) in [6.07, 6.45) is 4.60. The third kappa shape index (κ3) is 6.35. The van der Waals surface area contributed by atoms with Crippen molar-refractivity contribution >= 4 is 17.3 Å². The van der Waals surface area contributed by atoms with Gasteiger partial charge in [0.2, 0.25) is 0 Å². The van der Waals surface area contributed by atoms with E-state index < -0.39 is 0 Å². The molecule has 0 unspecified atom stereocenters. The number of benzene rings is 2. The Bertz CT molecular complexity index is 970. The van der Waals surface area contributed by atoms with Gasteiger partial charge in [-0.25, -0.2) is 0 Å². The lowest BCUT2D eigenvalue weighted by atomic mass is 9.89. The number of fused-ring (bicyclic) bond motifs is 1. The molecule has 35 heavy (non-hydrogen) atoms. The molecule has 7 heteroatoms. The van der Waals surface area contributed by atoms with Crippen LogP contribution in [0.15, 0.2) is 36.4 Å². The molecule has 2 atom stereocenters. The van der Waals surface area contributed by atoms with E-state index in [1.165, 1.54) is 30.5 Å². The molecule has 0 aromatic heterocycles. The zero-order valence-electron chi connectivity index (χ0n) is 21.6. The maximum Gasteiger partial charge on any atom is 0.161 e. The van der Waals surface area contributed by atoms with Crippen LogP contribution < -0.4 is 24.4 Å². The van der Waals surface area contributed by atoms with Gasteiger partial charge in [-0.15, -0.1) is 0 Å². The number of piperidine rings is 1. The SMILES string of the molecule is COc1cc(N2CCN3[C@@H](CCC[C@@H]3c3ccc(OCCCNC(C)C)c(OC)c3)C2)ccc1Cl. The number of ether oxygens (including phenoxy) is 3. The highest BCUT2D eigenvalue weighted by Crippen LogP contribution is 2.40. The Kier molecular flexibility index (Phi) is 9.04. The standard InChI is InChI=1S/C28H40ClN3O3/c1-20(2)30-13-6-16-35-26-12-9-21(17-28(26)34-4)25-8-5-7-23-19-31(14-15-32(23)25)22-10-11-24(29)27(18-22)33-3/h9-12,17-18,20,23,25,30H,5-8,13-16,19H2,1-4H3/t23-,25+/m0/s1. The van der Waals surface area contributed by atoms with Crippen molar-refractivity contribution in [2.45, 2.75) is 57.7 Å². The lowest BCUT2D eigenvalue weighted by molar-refractivity contribution is 0.0715. The predicted octanol–water partition coefficient (Wildman–Crippen LogP) is 5.54. The minimum atomic E-state index is 0.411. The number of methoxy groups -OCH3 is 2. The molecule has 2 saturated heterocycles. The normalized spacial score (nSPS) is 20.6. The molecule has 0 amide bonds. The zero-order valence-corrected chi connectivity index (χ0v) is 22.3. The van der Waals surface area contributed by atoms with Gasteiger partial charge < -0.3 is 24.4 Å². The summed E-state index contributed by atoms with van der Waals surface area (Å²) in [5, 5.41) is 4.08. The molecule has 4 rings (SSSR count). The number of nitrogens with zero attached hydrogens (tertiary/aromatic N) is 2. The van der Waals surface area contributed by atoms with Gasteiger partial charge in [-0.3, -0.25) is 4.90 Å². The van der Waals surface area contributed by atoms with Crippen LogP contribution in [0.3, 0.4) is 0 Å². The number of anilines is 1. The van der Waals surface area contributed by atoms with Crippen LogP contribution in [-0.2, 0) is 0 Å². The van der Waals surface area contributed by atoms with Crippen LogP contribution in [0.2, 0.25) is 5.02 Å². The van der Waals surface area contributed by atoms with Crippen LogP contribution in [0.4, 0.5) is 5.69 Å². The van der Waals surface area contributed by atoms with Crippen LogP contribution in [-0.4, -0.2) is 64.0 Å². The topological polar surface area (TPSA) is 46.2 Å². The third-order valence-corrected chi connectivity index (χ3v) is 7.46. The Morgan fingerprint density at radius 3 is 2.60 bits per heavy atom. The van der Waals surface area contributed by atoms with E-state index in [4.69, 9.17) is 25.8 Å². The van der Waals surface area contributed by atoms with E-state index in [1.807, 2.05) is 6.07 Å². The summed E-state index contributed by atoms with van der Waals surface area (Å²) >= 11 is 6.25. The average Bonchev–Trinajstić information content (AvgIpc) is 2.88. The Balaban J connectivity index is 1.41. The second-order valence-electron chi connectivity index (χ2n) is 9.82. The second kappa shape index (κ2) is 12.2. The first kappa shape index (κ1) is 25.9. The van der Waals surface area contributed by atoms with E-state index in [-0.39, 0.29) is 0 Å². The van der Waals surface area contributed by atoms with Crippen molar-refractivity contribution in [3.05, 3.63) is 47.0 Å². The molecule has 2 aliphatic heterocycles. The Labute approximate surface area is 215 Å². The molecule has 0 aliphatic carbocycles. The van der Waals surface area contributed by atoms with E-state index in [0.717, 1.165) is 49.8 Å². The van der Waals surface area contributed by atoms with Crippen molar-refractivity contribution in [2.24, 2.45) is 0 Å². The largest absolute Gasteiger partial charge is 0.495 e. The highest BCUT2D eigenvalue weighted by molar-refractivity contribution is 6.32. The highest BCUT2D eigenvalue weighted by atomic mass is 35.5. The number of halogens is 1. The third-order valence-electron chi connectivity index (χ3n) is 7.15. The van der Waals surface area contributed by atoms with Gasteiger partial charge >= 0.3 is 0 Å². The molecule has 2 aromatic carbocycles. The summed E-state index contributed by atoms with van der Waals surface area (Å²) in [5.41, 5.74) is 2.50. The molecule has 2 aliphatic rings. The van der Waals surface area contributed by atoms with Crippen LogP contribution >= 0.6 is 11.6 Å². The van der Waals surface area contributed by atoms with Gasteiger partial charge in [0.05, 0.1) is 25.8 Å². The van der Waals surface area contributed by atoms with Gasteiger partial charge in [-0.05, 0) is 62.1 Å². The molecule has 2 fully saturated rings. The minimum Gasteiger partial charge on any atom is -0.495 e. The van der Waals surface area contributed by atoms with Crippen molar-refractivity contribution in [1.29, 1.82) is 0 Å². The maximum atomic E-state index is 6.25. The average molecular weight is 502 g/mol. The van der Waals surface area contributed by atoms with Crippen molar-refractivity contribution in [1.82, 2.24) is 10.2 Å². The van der Waals surface area contributed by atoms with Crippen LogP contribution in [0.25, 0.3) is 0 Å². The van der Waals surface area contributed by atoms with Gasteiger partial charge in [0, 0.05) is 49.5 Å². The lowest BCUT2D eigenvalue weighted by Gasteiger charge is -2.49. The lowest BCUT2D eigenvalue weighted by Crippen LogP contribution is -2.55. The summed E-state index contributed by atoms with van der Waals surface area (Å²) in [6.45, 7) is 8.99. The molecule has 0 radical (unpaired) electrons. The molecular weight excluding hydrogens is 462 g/mol. The zero-order chi connectivity index (χ0) is 24.8. The molecule has 2 heterocycles. The van der Waals surface area contributed by atoms with E-state index in [9.17, 15) is 0 Å². The predicted molar refractivity (Wildman–Crippen MR) is 144 cm³/mol. The van der Waals surface area contributed by atoms with Gasteiger partial charge in [0.1, 0.15) is 5.75 Å². The number of hydrogen-bond donors (Lipinski definition) is 1. The van der Waals surface area contributed by atoms with Crippen LogP contribution in [0.1, 0.15) is 51.1 Å². The van der Waals surface area contributed by atoms with E-state index in [0.29, 0.717) is 29.8 Å². The first-order chi connectivity index (χ1) is 17.0. The van der Waals surface area contributed by atoms with Crippen LogP contribution in [0.5, 0.6) is 17.2 Å². The van der Waals surface area contributed by atoms with Gasteiger partial charge in [0.25, 0.3) is 0 Å². The fraction of sp³-hybridized carbons (Fsp3) is 0.571. The van der Waals surface area contributed by atoms with Crippen molar-refractivity contribution in [2.75, 3.05) is 51.9 Å². The first-order valence-electron chi connectivity index (χ1n) is 12.9. The van der Waals surface area contributed by atoms with Gasteiger partial charge in [-0.2, -0.15) is 0 Å². The molecule has 0 saturated carbocycles. The fourth-order valence-corrected chi connectivity index (χ4v) is 5.54. The van der Waals surface area contributed by atoms with E-state index in [1.54, 1.807) is 14.2 Å². The van der Waals surface area contributed by atoms with Gasteiger partial charge in [-0.1, -0.05) is 31.5 Å².